The molecule has 0 aliphatic heterocycles. The van der Waals surface area contributed by atoms with E-state index in [4.69, 9.17) is 11.6 Å². The lowest BCUT2D eigenvalue weighted by atomic mass is 10.1. The number of halogens is 1. The first kappa shape index (κ1) is 16.3. The van der Waals surface area contributed by atoms with Gasteiger partial charge in [-0.05, 0) is 62.2 Å². The van der Waals surface area contributed by atoms with E-state index in [2.05, 4.69) is 46.6 Å². The van der Waals surface area contributed by atoms with E-state index in [9.17, 15) is 0 Å². The van der Waals surface area contributed by atoms with Crippen LogP contribution in [0.2, 0.25) is 5.02 Å². The Bertz CT molecular complexity index is 877. The number of nitrogens with zero attached hydrogens (tertiary/aromatic N) is 2. The largest absolute Gasteiger partial charge is 0.340 e. The van der Waals surface area contributed by atoms with Gasteiger partial charge in [0.15, 0.2) is 0 Å². The Hall–Kier alpha value is -2.59. The van der Waals surface area contributed by atoms with Crippen LogP contribution in [-0.2, 0) is 0 Å². The molecule has 0 fully saturated rings. The molecule has 3 aromatic rings. The highest BCUT2D eigenvalue weighted by molar-refractivity contribution is 6.30. The molecule has 0 aliphatic carbocycles. The third kappa shape index (κ3) is 4.03. The fourth-order valence-corrected chi connectivity index (χ4v) is 2.54. The highest BCUT2D eigenvalue weighted by atomic mass is 35.5. The van der Waals surface area contributed by atoms with Crippen LogP contribution in [0.25, 0.3) is 0 Å². The van der Waals surface area contributed by atoms with Crippen molar-refractivity contribution < 1.29 is 0 Å². The summed E-state index contributed by atoms with van der Waals surface area (Å²) in [7, 11) is 0. The molecule has 3 rings (SSSR count). The number of aromatic nitrogens is 2. The van der Waals surface area contributed by atoms with Gasteiger partial charge >= 0.3 is 0 Å². The molecule has 4 nitrogen and oxygen atoms in total. The lowest BCUT2D eigenvalue weighted by Crippen LogP contribution is -2.02. The van der Waals surface area contributed by atoms with Crippen LogP contribution in [0.1, 0.15) is 16.8 Å². The van der Waals surface area contributed by atoms with E-state index in [1.165, 1.54) is 11.1 Å². The fourth-order valence-electron chi connectivity index (χ4n) is 2.35. The predicted octanol–water partition coefficient (Wildman–Crippen LogP) is 5.54. The van der Waals surface area contributed by atoms with Gasteiger partial charge in [-0.2, -0.15) is 4.98 Å². The molecule has 0 bridgehead atoms. The summed E-state index contributed by atoms with van der Waals surface area (Å²) in [5.74, 6) is 1.28. The van der Waals surface area contributed by atoms with Gasteiger partial charge in [0, 0.05) is 28.2 Å². The second-order valence-electron chi connectivity index (χ2n) is 5.78. The minimum absolute atomic E-state index is 0.558. The number of aryl methyl sites for hydroxylation is 3. The van der Waals surface area contributed by atoms with E-state index in [-0.39, 0.29) is 0 Å². The van der Waals surface area contributed by atoms with E-state index in [1.807, 2.05) is 43.3 Å². The highest BCUT2D eigenvalue weighted by Crippen LogP contribution is 2.22. The Morgan fingerprint density at radius 2 is 1.58 bits per heavy atom. The number of benzene rings is 2. The van der Waals surface area contributed by atoms with Crippen LogP contribution < -0.4 is 10.6 Å². The number of nitrogens with one attached hydrogen (secondary N) is 2. The zero-order chi connectivity index (χ0) is 17.1. The first-order valence-electron chi connectivity index (χ1n) is 7.72. The maximum Gasteiger partial charge on any atom is 0.229 e. The van der Waals surface area contributed by atoms with Crippen molar-refractivity contribution in [1.29, 1.82) is 0 Å². The van der Waals surface area contributed by atoms with Crippen molar-refractivity contribution in [3.63, 3.8) is 0 Å². The summed E-state index contributed by atoms with van der Waals surface area (Å²) in [4.78, 5) is 8.98. The lowest BCUT2D eigenvalue weighted by Gasteiger charge is -2.11. The Morgan fingerprint density at radius 1 is 0.792 bits per heavy atom. The number of hydrogen-bond donors (Lipinski definition) is 2. The summed E-state index contributed by atoms with van der Waals surface area (Å²) < 4.78 is 0. The topological polar surface area (TPSA) is 49.8 Å². The van der Waals surface area contributed by atoms with Crippen molar-refractivity contribution in [2.45, 2.75) is 20.8 Å². The second-order valence-corrected chi connectivity index (χ2v) is 6.21. The molecule has 0 saturated carbocycles. The van der Waals surface area contributed by atoms with Gasteiger partial charge in [0.2, 0.25) is 5.95 Å². The zero-order valence-corrected chi connectivity index (χ0v) is 14.6. The van der Waals surface area contributed by atoms with Gasteiger partial charge in [-0.15, -0.1) is 0 Å². The monoisotopic (exact) mass is 338 g/mol. The average molecular weight is 339 g/mol. The van der Waals surface area contributed by atoms with Crippen molar-refractivity contribution in [3.05, 3.63) is 70.4 Å². The van der Waals surface area contributed by atoms with E-state index < -0.39 is 0 Å². The fraction of sp³-hybridized carbons (Fsp3) is 0.158. The molecule has 0 unspecified atom stereocenters. The quantitative estimate of drug-likeness (QED) is 0.655. The van der Waals surface area contributed by atoms with Gasteiger partial charge in [0.25, 0.3) is 0 Å². The number of hydrogen-bond acceptors (Lipinski definition) is 4. The molecule has 122 valence electrons. The third-order valence-electron chi connectivity index (χ3n) is 3.71. The van der Waals surface area contributed by atoms with Gasteiger partial charge in [0.05, 0.1) is 0 Å². The molecular formula is C19H19ClN4. The smallest absolute Gasteiger partial charge is 0.229 e. The van der Waals surface area contributed by atoms with Gasteiger partial charge in [-0.1, -0.05) is 23.7 Å². The van der Waals surface area contributed by atoms with E-state index in [1.54, 1.807) is 0 Å². The molecule has 0 radical (unpaired) electrons. The average Bonchev–Trinajstić information content (AvgIpc) is 2.50. The van der Waals surface area contributed by atoms with Gasteiger partial charge in [-0.25, -0.2) is 4.98 Å². The minimum atomic E-state index is 0.558. The van der Waals surface area contributed by atoms with E-state index >= 15 is 0 Å². The van der Waals surface area contributed by atoms with Crippen LogP contribution in [0.4, 0.5) is 23.1 Å². The van der Waals surface area contributed by atoms with E-state index in [0.717, 1.165) is 22.9 Å². The first-order chi connectivity index (χ1) is 11.5. The SMILES string of the molecule is Cc1cc(Nc2cccc(Cl)c2)nc(Nc2ccc(C)c(C)c2)n1. The Balaban J connectivity index is 1.84. The van der Waals surface area contributed by atoms with Gasteiger partial charge in [0.1, 0.15) is 5.82 Å². The standard InChI is InChI=1S/C19H19ClN4/c1-12-7-8-17(9-13(12)2)23-19-21-14(3)10-18(24-19)22-16-6-4-5-15(20)11-16/h4-11H,1-3H3,(H2,21,22,23,24). The van der Waals surface area contributed by atoms with Gasteiger partial charge < -0.3 is 10.6 Å². The molecule has 5 heteroatoms. The van der Waals surface area contributed by atoms with Gasteiger partial charge in [-0.3, -0.25) is 0 Å². The van der Waals surface area contributed by atoms with Crippen LogP contribution in [0.5, 0.6) is 0 Å². The maximum atomic E-state index is 6.02. The molecule has 0 aliphatic rings. The molecule has 1 aromatic heterocycles. The van der Waals surface area contributed by atoms with Crippen molar-refractivity contribution in [2.75, 3.05) is 10.6 Å². The highest BCUT2D eigenvalue weighted by Gasteiger charge is 2.05. The van der Waals surface area contributed by atoms with Crippen molar-refractivity contribution in [3.8, 4) is 0 Å². The normalized spacial score (nSPS) is 10.5. The molecule has 2 aromatic carbocycles. The molecule has 2 N–H and O–H groups in total. The van der Waals surface area contributed by atoms with E-state index in [0.29, 0.717) is 11.0 Å². The summed E-state index contributed by atoms with van der Waals surface area (Å²) in [6.07, 6.45) is 0. The summed E-state index contributed by atoms with van der Waals surface area (Å²) in [5.41, 5.74) is 5.22. The summed E-state index contributed by atoms with van der Waals surface area (Å²) in [6.45, 7) is 6.12. The zero-order valence-electron chi connectivity index (χ0n) is 13.9. The Morgan fingerprint density at radius 3 is 2.33 bits per heavy atom. The number of rotatable bonds is 4. The van der Waals surface area contributed by atoms with Crippen molar-refractivity contribution in [2.24, 2.45) is 0 Å². The Labute approximate surface area is 146 Å². The molecule has 0 spiro atoms. The van der Waals surface area contributed by atoms with Crippen molar-refractivity contribution >= 4 is 34.7 Å². The van der Waals surface area contributed by atoms with Crippen LogP contribution in [0.3, 0.4) is 0 Å². The molecule has 24 heavy (non-hydrogen) atoms. The first-order valence-corrected chi connectivity index (χ1v) is 8.10. The number of anilines is 4. The Kier molecular flexibility index (Phi) is 4.67. The summed E-state index contributed by atoms with van der Waals surface area (Å²) in [5, 5.41) is 7.20. The predicted molar refractivity (Wildman–Crippen MR) is 101 cm³/mol. The summed E-state index contributed by atoms with van der Waals surface area (Å²) in [6, 6.07) is 15.6. The minimum Gasteiger partial charge on any atom is -0.340 e. The van der Waals surface area contributed by atoms with Crippen LogP contribution in [0, 0.1) is 20.8 Å². The van der Waals surface area contributed by atoms with Crippen LogP contribution >= 0.6 is 11.6 Å². The molecular weight excluding hydrogens is 320 g/mol. The third-order valence-corrected chi connectivity index (χ3v) is 3.95. The lowest BCUT2D eigenvalue weighted by molar-refractivity contribution is 1.11. The molecule has 1 heterocycles. The van der Waals surface area contributed by atoms with Crippen molar-refractivity contribution in [1.82, 2.24) is 9.97 Å². The van der Waals surface area contributed by atoms with Crippen LogP contribution in [-0.4, -0.2) is 9.97 Å². The summed E-state index contributed by atoms with van der Waals surface area (Å²) >= 11 is 6.02. The maximum absolute atomic E-state index is 6.02. The molecule has 0 amide bonds. The van der Waals surface area contributed by atoms with Crippen LogP contribution in [0.15, 0.2) is 48.5 Å². The second kappa shape index (κ2) is 6.89. The molecule has 0 saturated heterocycles. The molecule has 0 atom stereocenters.